The molecule has 0 aromatic heterocycles. The molecule has 0 spiro atoms. The Morgan fingerprint density at radius 3 is 2.24 bits per heavy atom. The van der Waals surface area contributed by atoms with Gasteiger partial charge in [-0.15, -0.1) is 0 Å². The molecule has 1 aliphatic carbocycles. The summed E-state index contributed by atoms with van der Waals surface area (Å²) in [6.07, 6.45) is 6.90. The molecule has 0 radical (unpaired) electrons. The first kappa shape index (κ1) is 20.0. The Hall–Kier alpha value is -1.35. The van der Waals surface area contributed by atoms with Gasteiger partial charge in [0, 0.05) is 11.7 Å². The molecule has 0 bridgehead atoms. The average Bonchev–Trinajstić information content (AvgIpc) is 2.59. The number of amides is 1. The third-order valence-electron chi connectivity index (χ3n) is 5.67. The predicted octanol–water partition coefficient (Wildman–Crippen LogP) is 4.94. The van der Waals surface area contributed by atoms with Gasteiger partial charge in [-0.05, 0) is 48.1 Å². The van der Waals surface area contributed by atoms with E-state index >= 15 is 0 Å². The first-order valence-corrected chi connectivity index (χ1v) is 10.0. The quantitative estimate of drug-likeness (QED) is 0.767. The molecule has 1 aliphatic rings. The second-order valence-corrected chi connectivity index (χ2v) is 8.45. The normalized spacial score (nSPS) is 21.2. The van der Waals surface area contributed by atoms with Crippen molar-refractivity contribution >= 4 is 11.6 Å². The number of para-hydroxylation sites is 1. The van der Waals surface area contributed by atoms with Gasteiger partial charge in [-0.1, -0.05) is 65.7 Å². The van der Waals surface area contributed by atoms with Crippen LogP contribution in [0.2, 0.25) is 0 Å². The van der Waals surface area contributed by atoms with Gasteiger partial charge < -0.3 is 10.6 Å². The Labute approximate surface area is 154 Å². The van der Waals surface area contributed by atoms with Crippen molar-refractivity contribution in [2.75, 3.05) is 11.9 Å². The van der Waals surface area contributed by atoms with E-state index in [4.69, 9.17) is 0 Å². The third-order valence-corrected chi connectivity index (χ3v) is 5.67. The summed E-state index contributed by atoms with van der Waals surface area (Å²) in [5.41, 5.74) is 3.75. The van der Waals surface area contributed by atoms with Crippen LogP contribution in [0.25, 0.3) is 0 Å². The van der Waals surface area contributed by atoms with Crippen molar-refractivity contribution in [2.24, 2.45) is 11.3 Å². The zero-order valence-electron chi connectivity index (χ0n) is 16.7. The molecular formula is C22H36N2O. The Morgan fingerprint density at radius 2 is 1.68 bits per heavy atom. The SMILES string of the molecule is CCc1cccc(CC)c1NC(=O)CNC1CCCCC1C(C)(C)C. The zero-order valence-corrected chi connectivity index (χ0v) is 16.7. The molecule has 0 aliphatic heterocycles. The molecule has 1 aromatic rings. The highest BCUT2D eigenvalue weighted by molar-refractivity contribution is 5.93. The molecule has 3 heteroatoms. The van der Waals surface area contributed by atoms with Gasteiger partial charge >= 0.3 is 0 Å². The first-order valence-electron chi connectivity index (χ1n) is 10.0. The Bertz CT molecular complexity index is 552. The van der Waals surface area contributed by atoms with Gasteiger partial charge in [0.05, 0.1) is 6.54 Å². The number of hydrogen-bond donors (Lipinski definition) is 2. The number of hydrogen-bond acceptors (Lipinski definition) is 2. The fraction of sp³-hybridized carbons (Fsp3) is 0.682. The van der Waals surface area contributed by atoms with Crippen LogP contribution in [-0.4, -0.2) is 18.5 Å². The number of anilines is 1. The van der Waals surface area contributed by atoms with Crippen LogP contribution in [0.3, 0.4) is 0 Å². The fourth-order valence-corrected chi connectivity index (χ4v) is 4.22. The van der Waals surface area contributed by atoms with Crippen molar-refractivity contribution in [1.29, 1.82) is 0 Å². The summed E-state index contributed by atoms with van der Waals surface area (Å²) in [6.45, 7) is 11.6. The van der Waals surface area contributed by atoms with E-state index in [1.165, 1.54) is 36.8 Å². The molecule has 1 saturated carbocycles. The van der Waals surface area contributed by atoms with E-state index in [0.717, 1.165) is 18.5 Å². The lowest BCUT2D eigenvalue weighted by molar-refractivity contribution is -0.115. The molecule has 1 amide bonds. The van der Waals surface area contributed by atoms with Gasteiger partial charge in [0.2, 0.25) is 5.91 Å². The maximum atomic E-state index is 12.6. The van der Waals surface area contributed by atoms with Gasteiger partial charge in [-0.2, -0.15) is 0 Å². The molecule has 2 atom stereocenters. The maximum Gasteiger partial charge on any atom is 0.238 e. The van der Waals surface area contributed by atoms with Crippen LogP contribution in [0.5, 0.6) is 0 Å². The van der Waals surface area contributed by atoms with Crippen LogP contribution in [0.15, 0.2) is 18.2 Å². The van der Waals surface area contributed by atoms with Crippen LogP contribution in [-0.2, 0) is 17.6 Å². The Kier molecular flexibility index (Phi) is 7.06. The zero-order chi connectivity index (χ0) is 18.4. The summed E-state index contributed by atoms with van der Waals surface area (Å²) in [7, 11) is 0. The first-order chi connectivity index (χ1) is 11.9. The number of benzene rings is 1. The lowest BCUT2D eigenvalue weighted by atomic mass is 9.69. The third kappa shape index (κ3) is 5.31. The van der Waals surface area contributed by atoms with Crippen molar-refractivity contribution in [3.05, 3.63) is 29.3 Å². The molecular weight excluding hydrogens is 308 g/mol. The van der Waals surface area contributed by atoms with Crippen molar-refractivity contribution in [2.45, 2.75) is 79.2 Å². The lowest BCUT2D eigenvalue weighted by Crippen LogP contribution is -2.46. The minimum absolute atomic E-state index is 0.0776. The van der Waals surface area contributed by atoms with Crippen LogP contribution in [0.1, 0.15) is 71.4 Å². The molecule has 1 aromatic carbocycles. The molecule has 3 nitrogen and oxygen atoms in total. The highest BCUT2D eigenvalue weighted by Crippen LogP contribution is 2.37. The minimum Gasteiger partial charge on any atom is -0.324 e. The summed E-state index contributed by atoms with van der Waals surface area (Å²) < 4.78 is 0. The van der Waals surface area contributed by atoms with E-state index in [1.54, 1.807) is 0 Å². The number of carbonyl (C=O) groups is 1. The summed E-state index contributed by atoms with van der Waals surface area (Å²) in [6, 6.07) is 6.76. The van der Waals surface area contributed by atoms with Crippen LogP contribution < -0.4 is 10.6 Å². The molecule has 140 valence electrons. The van der Waals surface area contributed by atoms with Crippen LogP contribution in [0.4, 0.5) is 5.69 Å². The predicted molar refractivity (Wildman–Crippen MR) is 107 cm³/mol. The largest absolute Gasteiger partial charge is 0.324 e. The Morgan fingerprint density at radius 1 is 1.08 bits per heavy atom. The van der Waals surface area contributed by atoms with E-state index in [2.05, 4.69) is 63.5 Å². The summed E-state index contributed by atoms with van der Waals surface area (Å²) in [5, 5.41) is 6.73. The highest BCUT2D eigenvalue weighted by atomic mass is 16.1. The number of aryl methyl sites for hydroxylation is 2. The monoisotopic (exact) mass is 344 g/mol. The van der Waals surface area contributed by atoms with E-state index in [1.807, 2.05) is 0 Å². The smallest absolute Gasteiger partial charge is 0.238 e. The number of rotatable bonds is 6. The second kappa shape index (κ2) is 8.84. The molecule has 0 saturated heterocycles. The van der Waals surface area contributed by atoms with Gasteiger partial charge in [0.1, 0.15) is 0 Å². The van der Waals surface area contributed by atoms with E-state index in [0.29, 0.717) is 23.9 Å². The lowest BCUT2D eigenvalue weighted by Gasteiger charge is -2.41. The van der Waals surface area contributed by atoms with Gasteiger partial charge in [0.15, 0.2) is 0 Å². The van der Waals surface area contributed by atoms with Crippen molar-refractivity contribution in [1.82, 2.24) is 5.32 Å². The fourth-order valence-electron chi connectivity index (χ4n) is 4.22. The molecule has 1 fully saturated rings. The molecule has 2 unspecified atom stereocenters. The van der Waals surface area contributed by atoms with Crippen molar-refractivity contribution < 1.29 is 4.79 Å². The second-order valence-electron chi connectivity index (χ2n) is 8.45. The van der Waals surface area contributed by atoms with Gasteiger partial charge in [0.25, 0.3) is 0 Å². The van der Waals surface area contributed by atoms with Gasteiger partial charge in [-0.3, -0.25) is 4.79 Å². The number of carbonyl (C=O) groups excluding carboxylic acids is 1. The van der Waals surface area contributed by atoms with E-state index in [-0.39, 0.29) is 5.91 Å². The van der Waals surface area contributed by atoms with E-state index in [9.17, 15) is 4.79 Å². The van der Waals surface area contributed by atoms with E-state index < -0.39 is 0 Å². The topological polar surface area (TPSA) is 41.1 Å². The Balaban J connectivity index is 1.99. The number of nitrogens with one attached hydrogen (secondary N) is 2. The molecule has 2 N–H and O–H groups in total. The standard InChI is InChI=1S/C22H36N2O/c1-6-16-11-10-12-17(7-2)21(16)24-20(25)15-23-19-14-9-8-13-18(19)22(3,4)5/h10-12,18-19,23H,6-9,13-15H2,1-5H3,(H,24,25). The van der Waals surface area contributed by atoms with Crippen molar-refractivity contribution in [3.63, 3.8) is 0 Å². The highest BCUT2D eigenvalue weighted by Gasteiger charge is 2.33. The summed E-state index contributed by atoms with van der Waals surface area (Å²) >= 11 is 0. The van der Waals surface area contributed by atoms with Crippen LogP contribution >= 0.6 is 0 Å². The van der Waals surface area contributed by atoms with Crippen molar-refractivity contribution in [3.8, 4) is 0 Å². The minimum atomic E-state index is 0.0776. The molecule has 25 heavy (non-hydrogen) atoms. The summed E-state index contributed by atoms with van der Waals surface area (Å²) in [4.78, 5) is 12.6. The molecule has 2 rings (SSSR count). The molecule has 0 heterocycles. The van der Waals surface area contributed by atoms with Gasteiger partial charge in [-0.25, -0.2) is 0 Å². The van der Waals surface area contributed by atoms with Crippen LogP contribution in [0, 0.1) is 11.3 Å². The average molecular weight is 345 g/mol. The summed E-state index contributed by atoms with van der Waals surface area (Å²) in [5.74, 6) is 0.719. The maximum absolute atomic E-state index is 12.6.